The maximum absolute atomic E-state index is 12.0. The second-order valence-corrected chi connectivity index (χ2v) is 7.04. The van der Waals surface area contributed by atoms with Crippen molar-refractivity contribution in [2.75, 3.05) is 26.2 Å². The number of aliphatic carboxylic acids is 1. The molecule has 6 heteroatoms. The molecule has 0 bridgehead atoms. The summed E-state index contributed by atoms with van der Waals surface area (Å²) in [5.74, 6) is -0.164. The molecule has 1 saturated carbocycles. The zero-order valence-corrected chi connectivity index (χ0v) is 13.2. The van der Waals surface area contributed by atoms with Gasteiger partial charge in [0.25, 0.3) is 0 Å². The third kappa shape index (κ3) is 4.88. The Bertz CT molecular complexity index is 393. The molecule has 0 radical (unpaired) electrons. The second kappa shape index (κ2) is 6.22. The molecule has 1 unspecified atom stereocenters. The van der Waals surface area contributed by atoms with Crippen molar-refractivity contribution >= 4 is 12.1 Å². The van der Waals surface area contributed by atoms with Crippen LogP contribution in [0.5, 0.6) is 0 Å². The molecular weight excluding hydrogens is 272 g/mol. The van der Waals surface area contributed by atoms with E-state index in [0.717, 1.165) is 19.3 Å². The second-order valence-electron chi connectivity index (χ2n) is 7.04. The van der Waals surface area contributed by atoms with Crippen molar-refractivity contribution < 1.29 is 19.4 Å². The van der Waals surface area contributed by atoms with E-state index in [4.69, 9.17) is 4.74 Å². The zero-order chi connectivity index (χ0) is 15.6. The molecule has 1 saturated heterocycles. The molecule has 1 N–H and O–H groups in total. The minimum atomic E-state index is -0.743. The first-order chi connectivity index (χ1) is 9.76. The molecule has 21 heavy (non-hydrogen) atoms. The van der Waals surface area contributed by atoms with Gasteiger partial charge in [-0.3, -0.25) is 9.69 Å². The molecule has 2 rings (SSSR count). The molecule has 2 fully saturated rings. The van der Waals surface area contributed by atoms with Crippen LogP contribution in [0.15, 0.2) is 0 Å². The molecular formula is C15H26N2O4. The van der Waals surface area contributed by atoms with Crippen LogP contribution in [0.4, 0.5) is 4.79 Å². The first kappa shape index (κ1) is 16.1. The lowest BCUT2D eigenvalue weighted by Crippen LogP contribution is -2.54. The fraction of sp³-hybridized carbons (Fsp3) is 0.867. The van der Waals surface area contributed by atoms with Crippen molar-refractivity contribution in [1.29, 1.82) is 0 Å². The van der Waals surface area contributed by atoms with Gasteiger partial charge < -0.3 is 14.7 Å². The average molecular weight is 298 g/mol. The van der Waals surface area contributed by atoms with Crippen LogP contribution in [0.3, 0.4) is 0 Å². The van der Waals surface area contributed by atoms with Gasteiger partial charge in [-0.25, -0.2) is 4.79 Å². The van der Waals surface area contributed by atoms with Crippen LogP contribution in [0.2, 0.25) is 0 Å². The number of rotatable bonds is 4. The molecule has 0 aromatic rings. The third-order valence-electron chi connectivity index (χ3n) is 3.95. The number of carboxylic acid groups (broad SMARTS) is 1. The summed E-state index contributed by atoms with van der Waals surface area (Å²) in [6.45, 7) is 7.80. The van der Waals surface area contributed by atoms with E-state index in [1.54, 1.807) is 4.90 Å². The summed E-state index contributed by atoms with van der Waals surface area (Å²) in [5.41, 5.74) is -0.496. The Morgan fingerprint density at radius 2 is 1.76 bits per heavy atom. The standard InChI is InChI=1S/C15H26N2O4/c1-15(2,3)21-14(20)17-8-6-16(7-9-17)12(13(18)19)10-11-4-5-11/h11-12H,4-10H2,1-3H3,(H,18,19). The summed E-state index contributed by atoms with van der Waals surface area (Å²) in [6.07, 6.45) is 2.74. The fourth-order valence-corrected chi connectivity index (χ4v) is 2.62. The number of nitrogens with zero attached hydrogens (tertiary/aromatic N) is 2. The van der Waals surface area contributed by atoms with E-state index in [1.165, 1.54) is 0 Å². The molecule has 1 atom stereocenters. The lowest BCUT2D eigenvalue weighted by atomic mass is 10.1. The first-order valence-electron chi connectivity index (χ1n) is 7.71. The number of hydrogen-bond donors (Lipinski definition) is 1. The van der Waals surface area contributed by atoms with E-state index in [9.17, 15) is 14.7 Å². The summed E-state index contributed by atoms with van der Waals surface area (Å²) >= 11 is 0. The number of carbonyl (C=O) groups is 2. The van der Waals surface area contributed by atoms with E-state index in [2.05, 4.69) is 0 Å². The summed E-state index contributed by atoms with van der Waals surface area (Å²) in [5, 5.41) is 9.38. The van der Waals surface area contributed by atoms with Crippen molar-refractivity contribution in [2.45, 2.75) is 51.7 Å². The molecule has 2 aliphatic rings. The summed E-state index contributed by atoms with van der Waals surface area (Å²) < 4.78 is 5.35. The van der Waals surface area contributed by atoms with Gasteiger partial charge in [0, 0.05) is 26.2 Å². The Hall–Kier alpha value is -1.30. The smallest absolute Gasteiger partial charge is 0.410 e. The largest absolute Gasteiger partial charge is 0.480 e. The highest BCUT2D eigenvalue weighted by Gasteiger charge is 2.35. The summed E-state index contributed by atoms with van der Waals surface area (Å²) in [4.78, 5) is 27.1. The van der Waals surface area contributed by atoms with Crippen LogP contribution < -0.4 is 0 Å². The minimum absolute atomic E-state index is 0.309. The number of carbonyl (C=O) groups excluding carboxylic acids is 1. The predicted molar refractivity (Wildman–Crippen MR) is 78.1 cm³/mol. The molecule has 0 aromatic heterocycles. The van der Waals surface area contributed by atoms with Crippen molar-refractivity contribution in [3.8, 4) is 0 Å². The Labute approximate surface area is 126 Å². The Morgan fingerprint density at radius 1 is 1.19 bits per heavy atom. The lowest BCUT2D eigenvalue weighted by molar-refractivity contribution is -0.144. The van der Waals surface area contributed by atoms with Crippen LogP contribution in [0.1, 0.15) is 40.0 Å². The molecule has 1 aliphatic carbocycles. The van der Waals surface area contributed by atoms with Crippen LogP contribution in [-0.4, -0.2) is 64.8 Å². The highest BCUT2D eigenvalue weighted by molar-refractivity contribution is 5.73. The van der Waals surface area contributed by atoms with Gasteiger partial charge in [-0.15, -0.1) is 0 Å². The number of piperazine rings is 1. The van der Waals surface area contributed by atoms with Gasteiger partial charge in [-0.2, -0.15) is 0 Å². The SMILES string of the molecule is CC(C)(C)OC(=O)N1CCN(C(CC2CC2)C(=O)O)CC1. The highest BCUT2D eigenvalue weighted by atomic mass is 16.6. The van der Waals surface area contributed by atoms with Crippen LogP contribution in [0.25, 0.3) is 0 Å². The molecule has 0 aromatic carbocycles. The number of carboxylic acids is 1. The van der Waals surface area contributed by atoms with Crippen molar-refractivity contribution in [1.82, 2.24) is 9.80 Å². The maximum Gasteiger partial charge on any atom is 0.410 e. The van der Waals surface area contributed by atoms with Gasteiger partial charge >= 0.3 is 12.1 Å². The predicted octanol–water partition coefficient (Wildman–Crippen LogP) is 1.79. The van der Waals surface area contributed by atoms with Gasteiger partial charge in [0.2, 0.25) is 0 Å². The van der Waals surface area contributed by atoms with Gasteiger partial charge in [0.05, 0.1) is 0 Å². The van der Waals surface area contributed by atoms with Crippen LogP contribution in [0, 0.1) is 5.92 Å². The third-order valence-corrected chi connectivity index (χ3v) is 3.95. The Kier molecular flexibility index (Phi) is 4.76. The van der Waals surface area contributed by atoms with E-state index < -0.39 is 17.6 Å². The number of ether oxygens (including phenoxy) is 1. The minimum Gasteiger partial charge on any atom is -0.480 e. The Balaban J connectivity index is 1.83. The van der Waals surface area contributed by atoms with Gasteiger partial charge in [0.15, 0.2) is 0 Å². The summed E-state index contributed by atoms with van der Waals surface area (Å²) in [7, 11) is 0. The first-order valence-corrected chi connectivity index (χ1v) is 7.71. The maximum atomic E-state index is 12.0. The van der Waals surface area contributed by atoms with Crippen molar-refractivity contribution in [3.05, 3.63) is 0 Å². The molecule has 0 spiro atoms. The fourth-order valence-electron chi connectivity index (χ4n) is 2.62. The van der Waals surface area contributed by atoms with Crippen molar-refractivity contribution in [3.63, 3.8) is 0 Å². The van der Waals surface area contributed by atoms with E-state index in [-0.39, 0.29) is 6.09 Å². The van der Waals surface area contributed by atoms with Crippen LogP contribution in [-0.2, 0) is 9.53 Å². The normalized spacial score (nSPS) is 22.0. The quantitative estimate of drug-likeness (QED) is 0.857. The zero-order valence-electron chi connectivity index (χ0n) is 13.2. The molecule has 120 valence electrons. The molecule has 1 amide bonds. The van der Waals surface area contributed by atoms with Gasteiger partial charge in [0.1, 0.15) is 11.6 Å². The monoisotopic (exact) mass is 298 g/mol. The van der Waals surface area contributed by atoms with Gasteiger partial charge in [-0.05, 0) is 33.1 Å². The highest BCUT2D eigenvalue weighted by Crippen LogP contribution is 2.35. The summed E-state index contributed by atoms with van der Waals surface area (Å²) in [6, 6.07) is -0.404. The molecule has 1 heterocycles. The average Bonchev–Trinajstić information content (AvgIpc) is 3.17. The van der Waals surface area contributed by atoms with E-state index >= 15 is 0 Å². The molecule has 6 nitrogen and oxygen atoms in total. The molecule has 1 aliphatic heterocycles. The number of amides is 1. The topological polar surface area (TPSA) is 70.1 Å². The number of hydrogen-bond acceptors (Lipinski definition) is 4. The van der Waals surface area contributed by atoms with E-state index in [0.29, 0.717) is 32.1 Å². The van der Waals surface area contributed by atoms with Crippen LogP contribution >= 0.6 is 0 Å². The van der Waals surface area contributed by atoms with E-state index in [1.807, 2.05) is 25.7 Å². The van der Waals surface area contributed by atoms with Crippen molar-refractivity contribution in [2.24, 2.45) is 5.92 Å². The lowest BCUT2D eigenvalue weighted by Gasteiger charge is -2.38. The van der Waals surface area contributed by atoms with Gasteiger partial charge in [-0.1, -0.05) is 12.8 Å². The Morgan fingerprint density at radius 3 is 2.19 bits per heavy atom.